The highest BCUT2D eigenvalue weighted by molar-refractivity contribution is 7.91. The van der Waals surface area contributed by atoms with Gasteiger partial charge in [0.05, 0.1) is 11.5 Å². The summed E-state index contributed by atoms with van der Waals surface area (Å²) < 4.78 is 22.6. The van der Waals surface area contributed by atoms with E-state index in [9.17, 15) is 13.2 Å². The Kier molecular flexibility index (Phi) is 3.19. The molecule has 0 atom stereocenters. The highest BCUT2D eigenvalue weighted by Crippen LogP contribution is 2.20. The largest absolute Gasteiger partial charge is 0.369 e. The molecule has 4 nitrogen and oxygen atoms in total. The number of carbonyl (C=O) groups is 1. The molecule has 0 unspecified atom stereocenters. The third-order valence-electron chi connectivity index (χ3n) is 3.09. The van der Waals surface area contributed by atoms with Crippen molar-refractivity contribution in [2.45, 2.75) is 6.92 Å². The van der Waals surface area contributed by atoms with Gasteiger partial charge in [0.1, 0.15) is 6.29 Å². The number of anilines is 1. The number of aryl methyl sites for hydroxylation is 1. The molecule has 1 aromatic rings. The van der Waals surface area contributed by atoms with Crippen molar-refractivity contribution in [3.05, 3.63) is 29.3 Å². The molecule has 1 aliphatic rings. The van der Waals surface area contributed by atoms with Crippen LogP contribution in [0, 0.1) is 6.92 Å². The molecule has 1 saturated heterocycles. The highest BCUT2D eigenvalue weighted by atomic mass is 32.2. The maximum absolute atomic E-state index is 11.3. The van der Waals surface area contributed by atoms with Gasteiger partial charge in [0.15, 0.2) is 9.84 Å². The summed E-state index contributed by atoms with van der Waals surface area (Å²) in [6, 6.07) is 5.58. The van der Waals surface area contributed by atoms with Gasteiger partial charge in [-0.25, -0.2) is 8.42 Å². The van der Waals surface area contributed by atoms with Gasteiger partial charge in [-0.05, 0) is 30.7 Å². The lowest BCUT2D eigenvalue weighted by atomic mass is 10.1. The zero-order chi connectivity index (χ0) is 12.5. The molecule has 0 N–H and O–H groups in total. The van der Waals surface area contributed by atoms with E-state index in [-0.39, 0.29) is 11.5 Å². The minimum atomic E-state index is -2.84. The Morgan fingerprint density at radius 1 is 1.24 bits per heavy atom. The fraction of sp³-hybridized carbons (Fsp3) is 0.417. The normalized spacial score (nSPS) is 19.0. The van der Waals surface area contributed by atoms with Crippen LogP contribution in [-0.2, 0) is 9.84 Å². The van der Waals surface area contributed by atoms with Crippen LogP contribution >= 0.6 is 0 Å². The minimum absolute atomic E-state index is 0.210. The third-order valence-corrected chi connectivity index (χ3v) is 4.70. The van der Waals surface area contributed by atoms with Gasteiger partial charge in [-0.3, -0.25) is 4.79 Å². The maximum atomic E-state index is 11.3. The van der Waals surface area contributed by atoms with Crippen LogP contribution in [0.5, 0.6) is 0 Å². The lowest BCUT2D eigenvalue weighted by molar-refractivity contribution is 0.112. The molecule has 1 aliphatic heterocycles. The number of nitrogens with zero attached hydrogens (tertiary/aromatic N) is 1. The van der Waals surface area contributed by atoms with E-state index in [1.54, 1.807) is 6.07 Å². The number of benzene rings is 1. The average molecular weight is 253 g/mol. The smallest absolute Gasteiger partial charge is 0.153 e. The van der Waals surface area contributed by atoms with Crippen molar-refractivity contribution in [3.63, 3.8) is 0 Å². The van der Waals surface area contributed by atoms with Crippen LogP contribution in [0.1, 0.15) is 15.9 Å². The predicted molar refractivity (Wildman–Crippen MR) is 67.4 cm³/mol. The number of sulfone groups is 1. The van der Waals surface area contributed by atoms with Crippen LogP contribution in [0.15, 0.2) is 18.2 Å². The van der Waals surface area contributed by atoms with E-state index in [1.807, 2.05) is 24.0 Å². The van der Waals surface area contributed by atoms with Gasteiger partial charge in [0.2, 0.25) is 0 Å². The van der Waals surface area contributed by atoms with Crippen LogP contribution in [0.2, 0.25) is 0 Å². The summed E-state index contributed by atoms with van der Waals surface area (Å²) in [5, 5.41) is 0. The summed E-state index contributed by atoms with van der Waals surface area (Å²) in [6.45, 7) is 2.94. The average Bonchev–Trinajstić information content (AvgIpc) is 2.29. The predicted octanol–water partition coefficient (Wildman–Crippen LogP) is 1.04. The van der Waals surface area contributed by atoms with Gasteiger partial charge in [0.25, 0.3) is 0 Å². The molecular formula is C12H15NO3S. The molecule has 0 spiro atoms. The molecule has 0 aliphatic carbocycles. The monoisotopic (exact) mass is 253 g/mol. The molecule has 17 heavy (non-hydrogen) atoms. The first-order valence-electron chi connectivity index (χ1n) is 5.53. The highest BCUT2D eigenvalue weighted by Gasteiger charge is 2.21. The lowest BCUT2D eigenvalue weighted by Gasteiger charge is -2.29. The van der Waals surface area contributed by atoms with E-state index < -0.39 is 9.84 Å². The van der Waals surface area contributed by atoms with Crippen LogP contribution < -0.4 is 4.90 Å². The number of hydrogen-bond donors (Lipinski definition) is 0. The molecule has 1 heterocycles. The van der Waals surface area contributed by atoms with Crippen molar-refractivity contribution in [3.8, 4) is 0 Å². The SMILES string of the molecule is Cc1cc(N2CCS(=O)(=O)CC2)ccc1C=O. The van der Waals surface area contributed by atoms with E-state index in [0.717, 1.165) is 17.5 Å². The molecule has 92 valence electrons. The van der Waals surface area contributed by atoms with Gasteiger partial charge in [-0.1, -0.05) is 0 Å². The molecule has 0 saturated carbocycles. The van der Waals surface area contributed by atoms with E-state index >= 15 is 0 Å². The standard InChI is InChI=1S/C12H15NO3S/c1-10-8-12(3-2-11(10)9-14)13-4-6-17(15,16)7-5-13/h2-3,8-9H,4-7H2,1H3. The number of carbonyl (C=O) groups excluding carboxylic acids is 1. The van der Waals surface area contributed by atoms with E-state index in [4.69, 9.17) is 0 Å². The van der Waals surface area contributed by atoms with Gasteiger partial charge in [-0.15, -0.1) is 0 Å². The second-order valence-electron chi connectivity index (χ2n) is 4.30. The van der Waals surface area contributed by atoms with Crippen molar-refractivity contribution in [1.29, 1.82) is 0 Å². The lowest BCUT2D eigenvalue weighted by Crippen LogP contribution is -2.40. The molecule has 5 heteroatoms. The van der Waals surface area contributed by atoms with Gasteiger partial charge < -0.3 is 4.90 Å². The van der Waals surface area contributed by atoms with Gasteiger partial charge >= 0.3 is 0 Å². The summed E-state index contributed by atoms with van der Waals surface area (Å²) in [4.78, 5) is 12.8. The van der Waals surface area contributed by atoms with Crippen molar-refractivity contribution >= 4 is 21.8 Å². The van der Waals surface area contributed by atoms with E-state index in [0.29, 0.717) is 18.7 Å². The molecule has 1 aromatic carbocycles. The molecule has 1 fully saturated rings. The fourth-order valence-corrected chi connectivity index (χ4v) is 3.16. The number of hydrogen-bond acceptors (Lipinski definition) is 4. The summed E-state index contributed by atoms with van der Waals surface area (Å²) in [6.07, 6.45) is 0.833. The number of aldehydes is 1. The summed E-state index contributed by atoms with van der Waals surface area (Å²) >= 11 is 0. The first-order valence-corrected chi connectivity index (χ1v) is 7.35. The Morgan fingerprint density at radius 3 is 2.41 bits per heavy atom. The fourth-order valence-electron chi connectivity index (χ4n) is 1.96. The zero-order valence-electron chi connectivity index (χ0n) is 9.72. The Balaban J connectivity index is 2.19. The van der Waals surface area contributed by atoms with Crippen molar-refractivity contribution in [2.75, 3.05) is 29.5 Å². The van der Waals surface area contributed by atoms with Gasteiger partial charge in [-0.2, -0.15) is 0 Å². The third kappa shape index (κ3) is 2.66. The molecule has 0 aromatic heterocycles. The van der Waals surface area contributed by atoms with E-state index in [1.165, 1.54) is 0 Å². The summed E-state index contributed by atoms with van der Waals surface area (Å²) in [5.41, 5.74) is 2.59. The summed E-state index contributed by atoms with van der Waals surface area (Å²) in [5.74, 6) is 0.420. The number of rotatable bonds is 2. The zero-order valence-corrected chi connectivity index (χ0v) is 10.5. The Labute approximate surface area is 101 Å². The van der Waals surface area contributed by atoms with Crippen molar-refractivity contribution in [2.24, 2.45) is 0 Å². The Hall–Kier alpha value is -1.36. The molecule has 0 bridgehead atoms. The summed E-state index contributed by atoms with van der Waals surface area (Å²) in [7, 11) is -2.84. The van der Waals surface area contributed by atoms with Gasteiger partial charge in [0, 0.05) is 24.3 Å². The van der Waals surface area contributed by atoms with Crippen LogP contribution in [-0.4, -0.2) is 39.3 Å². The second-order valence-corrected chi connectivity index (χ2v) is 6.60. The van der Waals surface area contributed by atoms with Crippen molar-refractivity contribution < 1.29 is 13.2 Å². The van der Waals surface area contributed by atoms with E-state index in [2.05, 4.69) is 0 Å². The first kappa shape index (κ1) is 12.1. The van der Waals surface area contributed by atoms with Crippen LogP contribution in [0.3, 0.4) is 0 Å². The molecule has 0 amide bonds. The van der Waals surface area contributed by atoms with Crippen LogP contribution in [0.4, 0.5) is 5.69 Å². The second kappa shape index (κ2) is 4.49. The molecule has 2 rings (SSSR count). The molecule has 0 radical (unpaired) electrons. The first-order chi connectivity index (χ1) is 8.02. The Morgan fingerprint density at radius 2 is 1.88 bits per heavy atom. The van der Waals surface area contributed by atoms with Crippen molar-refractivity contribution in [1.82, 2.24) is 0 Å². The topological polar surface area (TPSA) is 54.5 Å². The van der Waals surface area contributed by atoms with Crippen LogP contribution in [0.25, 0.3) is 0 Å². The molecular weight excluding hydrogens is 238 g/mol. The maximum Gasteiger partial charge on any atom is 0.153 e. The minimum Gasteiger partial charge on any atom is -0.369 e. The quantitative estimate of drug-likeness (QED) is 0.739. The Bertz CT molecular complexity index is 523.